The molecule has 11 heteroatoms. The molecule has 9 nitrogen and oxygen atoms in total. The molecule has 0 fully saturated rings. The number of amides is 2. The fraction of sp³-hybridized carbons (Fsp3) is 0.576. The van der Waals surface area contributed by atoms with Crippen LogP contribution >= 0.6 is 0 Å². The molecule has 0 saturated carbocycles. The van der Waals surface area contributed by atoms with Crippen molar-refractivity contribution in [3.8, 4) is 0 Å². The molecule has 0 bridgehead atoms. The van der Waals surface area contributed by atoms with Gasteiger partial charge in [-0.25, -0.2) is 12.8 Å². The molecule has 0 radical (unpaired) electrons. The lowest BCUT2D eigenvalue weighted by Crippen LogP contribution is -2.59. The molecule has 0 spiro atoms. The van der Waals surface area contributed by atoms with Gasteiger partial charge in [0.15, 0.2) is 0 Å². The van der Waals surface area contributed by atoms with Crippen LogP contribution in [0.2, 0.25) is 0 Å². The normalized spacial score (nSPS) is 13.9. The number of sulfonamides is 1. The zero-order valence-corrected chi connectivity index (χ0v) is 28.6. The van der Waals surface area contributed by atoms with Gasteiger partial charge in [0.1, 0.15) is 11.9 Å². The van der Waals surface area contributed by atoms with E-state index in [-0.39, 0.29) is 31.4 Å². The van der Waals surface area contributed by atoms with Gasteiger partial charge in [-0.15, -0.1) is 0 Å². The number of carbonyl (C=O) groups excluding carboxylic acids is 2. The number of methoxy groups -OCH3 is 1. The molecule has 0 aromatic heterocycles. The van der Waals surface area contributed by atoms with Crippen LogP contribution in [0.4, 0.5) is 4.39 Å². The zero-order valence-electron chi connectivity index (χ0n) is 27.8. The van der Waals surface area contributed by atoms with Crippen molar-refractivity contribution in [3.05, 3.63) is 71.5 Å². The zero-order chi connectivity index (χ0) is 33.5. The van der Waals surface area contributed by atoms with Gasteiger partial charge in [-0.2, -0.15) is 4.31 Å². The third kappa shape index (κ3) is 13.8. The first-order valence-electron chi connectivity index (χ1n) is 15.2. The van der Waals surface area contributed by atoms with Gasteiger partial charge in [0.25, 0.3) is 0 Å². The topological polar surface area (TPSA) is 117 Å². The lowest BCUT2D eigenvalue weighted by molar-refractivity contribution is -0.132. The second-order valence-corrected chi connectivity index (χ2v) is 14.1. The van der Waals surface area contributed by atoms with Gasteiger partial charge < -0.3 is 20.7 Å². The summed E-state index contributed by atoms with van der Waals surface area (Å²) in [5.74, 6) is -1.10. The molecule has 0 aliphatic heterocycles. The van der Waals surface area contributed by atoms with Crippen molar-refractivity contribution in [1.82, 2.24) is 20.3 Å². The molecule has 2 aromatic rings. The molecule has 2 aromatic carbocycles. The SMILES string of the molecule is CC.CO[C@H](CN(CC(C)C)S(C)(=O)=O)[C@H](Cc1ccccc1)NC(=O)[C@@H](NC(=O)CNCc1ccccc1F)C(C)(C)C. The Bertz CT molecular complexity index is 1250. The van der Waals surface area contributed by atoms with E-state index in [0.717, 1.165) is 11.8 Å². The Balaban J connectivity index is 0.00000474. The first-order chi connectivity index (χ1) is 20.6. The fourth-order valence-corrected chi connectivity index (χ4v) is 5.56. The predicted octanol–water partition coefficient (Wildman–Crippen LogP) is 4.13. The summed E-state index contributed by atoms with van der Waals surface area (Å²) in [5.41, 5.74) is 0.723. The maximum absolute atomic E-state index is 13.9. The largest absolute Gasteiger partial charge is 0.378 e. The Morgan fingerprint density at radius 3 is 2.07 bits per heavy atom. The number of nitrogens with zero attached hydrogens (tertiary/aromatic N) is 1. The highest BCUT2D eigenvalue weighted by molar-refractivity contribution is 7.88. The summed E-state index contributed by atoms with van der Waals surface area (Å²) in [5, 5.41) is 8.80. The van der Waals surface area contributed by atoms with Crippen molar-refractivity contribution in [2.75, 3.05) is 33.0 Å². The molecule has 0 saturated heterocycles. The number of halogens is 1. The molecular weight excluding hydrogens is 583 g/mol. The van der Waals surface area contributed by atoms with E-state index < -0.39 is 45.4 Å². The van der Waals surface area contributed by atoms with Crippen LogP contribution in [0.1, 0.15) is 59.6 Å². The van der Waals surface area contributed by atoms with Gasteiger partial charge in [0.2, 0.25) is 21.8 Å². The molecule has 0 unspecified atom stereocenters. The summed E-state index contributed by atoms with van der Waals surface area (Å²) < 4.78 is 46.3. The highest BCUT2D eigenvalue weighted by Crippen LogP contribution is 2.21. The number of ether oxygens (including phenoxy) is 1. The summed E-state index contributed by atoms with van der Waals surface area (Å²) in [7, 11) is -2.04. The maximum Gasteiger partial charge on any atom is 0.243 e. The first-order valence-corrected chi connectivity index (χ1v) is 17.0. The van der Waals surface area contributed by atoms with E-state index in [1.807, 2.05) is 78.8 Å². The van der Waals surface area contributed by atoms with E-state index >= 15 is 0 Å². The third-order valence-electron chi connectivity index (χ3n) is 6.79. The van der Waals surface area contributed by atoms with E-state index in [1.165, 1.54) is 17.5 Å². The molecule has 2 amide bonds. The molecular formula is C33H53FN4O5S. The highest BCUT2D eigenvalue weighted by atomic mass is 32.2. The van der Waals surface area contributed by atoms with E-state index in [1.54, 1.807) is 18.2 Å². The predicted molar refractivity (Wildman–Crippen MR) is 175 cm³/mol. The van der Waals surface area contributed by atoms with Crippen molar-refractivity contribution in [2.45, 2.75) is 79.6 Å². The molecule has 248 valence electrons. The molecule has 3 atom stereocenters. The molecule has 0 aliphatic carbocycles. The third-order valence-corrected chi connectivity index (χ3v) is 8.03. The van der Waals surface area contributed by atoms with Crippen LogP contribution in [0.5, 0.6) is 0 Å². The van der Waals surface area contributed by atoms with Gasteiger partial charge in [0, 0.05) is 32.3 Å². The summed E-state index contributed by atoms with van der Waals surface area (Å²) in [6, 6.07) is 14.3. The van der Waals surface area contributed by atoms with Crippen LogP contribution in [-0.4, -0.2) is 75.7 Å². The minimum atomic E-state index is -3.53. The molecule has 3 N–H and O–H groups in total. The maximum atomic E-state index is 13.9. The van der Waals surface area contributed by atoms with Crippen molar-refractivity contribution >= 4 is 21.8 Å². The molecule has 2 rings (SSSR count). The monoisotopic (exact) mass is 636 g/mol. The van der Waals surface area contributed by atoms with E-state index in [4.69, 9.17) is 4.74 Å². The molecule has 0 aliphatic rings. The van der Waals surface area contributed by atoms with Crippen molar-refractivity contribution in [3.63, 3.8) is 0 Å². The molecule has 44 heavy (non-hydrogen) atoms. The minimum absolute atomic E-state index is 0.0534. The van der Waals surface area contributed by atoms with Crippen LogP contribution in [0.25, 0.3) is 0 Å². The lowest BCUT2D eigenvalue weighted by atomic mass is 9.85. The second-order valence-electron chi connectivity index (χ2n) is 12.1. The van der Waals surface area contributed by atoms with E-state index in [9.17, 15) is 22.4 Å². The van der Waals surface area contributed by atoms with Crippen LogP contribution < -0.4 is 16.0 Å². The second kappa shape index (κ2) is 18.8. The van der Waals surface area contributed by atoms with Gasteiger partial charge in [-0.1, -0.05) is 97.0 Å². The van der Waals surface area contributed by atoms with Crippen molar-refractivity contribution in [2.24, 2.45) is 11.3 Å². The van der Waals surface area contributed by atoms with Gasteiger partial charge in [-0.05, 0) is 29.4 Å². The average molecular weight is 637 g/mol. The Morgan fingerprint density at radius 1 is 0.955 bits per heavy atom. The number of carbonyl (C=O) groups is 2. The Morgan fingerprint density at radius 2 is 1.55 bits per heavy atom. The van der Waals surface area contributed by atoms with Gasteiger partial charge in [-0.3, -0.25) is 9.59 Å². The fourth-order valence-electron chi connectivity index (χ4n) is 4.57. The number of hydrogen-bond acceptors (Lipinski definition) is 6. The first kappa shape index (κ1) is 39.2. The Labute approximate surface area is 264 Å². The Kier molecular flexibility index (Phi) is 16.8. The summed E-state index contributed by atoms with van der Waals surface area (Å²) >= 11 is 0. The standard InChI is InChI=1S/C31H47FN4O5S.C2H6/c1-22(2)20-36(42(7,39)40)21-27(41-6)26(17-23-13-9-8-10-14-23)34-30(38)29(31(3,4)5)35-28(37)19-33-18-24-15-11-12-16-25(24)32;1-2/h8-16,22,26-27,29,33H,17-21H2,1-7H3,(H,34,38)(H,35,37);1-2H3/t26-,27+,29+;/m0./s1. The highest BCUT2D eigenvalue weighted by Gasteiger charge is 2.36. The lowest BCUT2D eigenvalue weighted by Gasteiger charge is -2.35. The Hall–Kier alpha value is -2.86. The molecule has 0 heterocycles. The summed E-state index contributed by atoms with van der Waals surface area (Å²) in [4.78, 5) is 26.6. The van der Waals surface area contributed by atoms with Crippen LogP contribution in [0.3, 0.4) is 0 Å². The van der Waals surface area contributed by atoms with Crippen LogP contribution in [0, 0.1) is 17.2 Å². The average Bonchev–Trinajstić information content (AvgIpc) is 2.95. The van der Waals surface area contributed by atoms with E-state index in [0.29, 0.717) is 18.5 Å². The summed E-state index contributed by atoms with van der Waals surface area (Å²) in [6.45, 7) is 13.8. The number of hydrogen-bond donors (Lipinski definition) is 3. The number of rotatable bonds is 16. The number of benzene rings is 2. The van der Waals surface area contributed by atoms with Gasteiger partial charge in [0.05, 0.1) is 24.9 Å². The number of nitrogens with one attached hydrogen (secondary N) is 3. The van der Waals surface area contributed by atoms with Gasteiger partial charge >= 0.3 is 0 Å². The summed E-state index contributed by atoms with van der Waals surface area (Å²) in [6.07, 6.45) is 0.888. The minimum Gasteiger partial charge on any atom is -0.378 e. The quantitative estimate of drug-likeness (QED) is 0.255. The van der Waals surface area contributed by atoms with Crippen molar-refractivity contribution in [1.29, 1.82) is 0 Å². The van der Waals surface area contributed by atoms with Crippen LogP contribution in [-0.2, 0) is 37.3 Å². The van der Waals surface area contributed by atoms with E-state index in [2.05, 4.69) is 16.0 Å². The smallest absolute Gasteiger partial charge is 0.243 e. The van der Waals surface area contributed by atoms with Crippen molar-refractivity contribution < 1.29 is 27.1 Å². The van der Waals surface area contributed by atoms with Crippen LogP contribution in [0.15, 0.2) is 54.6 Å².